The molecule has 1 saturated carbocycles. The molecule has 0 bridgehead atoms. The third kappa shape index (κ3) is 7.21. The number of alkyl halides is 1. The van der Waals surface area contributed by atoms with Gasteiger partial charge in [0, 0.05) is 5.57 Å². The lowest BCUT2D eigenvalue weighted by atomic mass is 9.83. The molecule has 2 aliphatic heterocycles. The summed E-state index contributed by atoms with van der Waals surface area (Å²) in [7, 11) is 0. The summed E-state index contributed by atoms with van der Waals surface area (Å²) in [4.78, 5) is 12.8. The number of para-hydroxylation sites is 1. The van der Waals surface area contributed by atoms with Crippen LogP contribution < -0.4 is 14.8 Å². The largest absolute Gasteiger partial charge is 0.488 e. The average Bonchev–Trinajstić information content (AvgIpc) is 3.64. The summed E-state index contributed by atoms with van der Waals surface area (Å²) in [6, 6.07) is 9.39. The Balaban J connectivity index is 1.20. The van der Waals surface area contributed by atoms with Crippen LogP contribution in [0.15, 0.2) is 59.7 Å². The van der Waals surface area contributed by atoms with E-state index in [9.17, 15) is 25.2 Å². The van der Waals surface area contributed by atoms with Crippen LogP contribution in [-0.2, 0) is 19.0 Å². The van der Waals surface area contributed by atoms with Gasteiger partial charge in [-0.3, -0.25) is 4.79 Å². The third-order valence-electron chi connectivity index (χ3n) is 8.21. The molecule has 2 saturated heterocycles. The molecule has 0 aromatic heterocycles. The van der Waals surface area contributed by atoms with E-state index in [2.05, 4.69) is 5.32 Å². The first kappa shape index (κ1) is 34.2. The summed E-state index contributed by atoms with van der Waals surface area (Å²) >= 11 is 6.10. The Morgan fingerprint density at radius 3 is 2.46 bits per heavy atom. The second-order valence-corrected chi connectivity index (χ2v) is 11.6. The summed E-state index contributed by atoms with van der Waals surface area (Å²) in [6.45, 7) is 3.17. The van der Waals surface area contributed by atoms with Crippen molar-refractivity contribution in [3.63, 3.8) is 0 Å². The quantitative estimate of drug-likeness (QED) is 0.188. The second kappa shape index (κ2) is 14.7. The Hall–Kier alpha value is -3.14. The highest BCUT2D eigenvalue weighted by Gasteiger charge is 2.53. The van der Waals surface area contributed by atoms with Gasteiger partial charge in [0.15, 0.2) is 17.7 Å². The van der Waals surface area contributed by atoms with E-state index in [4.69, 9.17) is 35.3 Å². The van der Waals surface area contributed by atoms with Crippen molar-refractivity contribution in [1.82, 2.24) is 5.32 Å². The number of hydrogen-bond donors (Lipinski definition) is 5. The van der Waals surface area contributed by atoms with E-state index >= 15 is 8.78 Å². The topological polar surface area (TPSA) is 156 Å². The highest BCUT2D eigenvalue weighted by Crippen LogP contribution is 2.34. The first-order valence-corrected chi connectivity index (χ1v) is 15.1. The highest BCUT2D eigenvalue weighted by molar-refractivity contribution is 6.32. The number of carbonyl (C=O) groups excluding carboxylic acids is 1. The van der Waals surface area contributed by atoms with E-state index in [0.29, 0.717) is 22.8 Å². The fourth-order valence-electron chi connectivity index (χ4n) is 5.65. The zero-order chi connectivity index (χ0) is 33.1. The smallest absolute Gasteiger partial charge is 0.247 e. The van der Waals surface area contributed by atoms with Gasteiger partial charge in [-0.1, -0.05) is 36.7 Å². The number of fused-ring (bicyclic) bond motifs is 1. The Morgan fingerprint density at radius 2 is 1.76 bits per heavy atom. The van der Waals surface area contributed by atoms with Crippen LogP contribution in [-0.4, -0.2) is 101 Å². The molecule has 0 unspecified atom stereocenters. The van der Waals surface area contributed by atoms with Crippen LogP contribution in [0.4, 0.5) is 8.78 Å². The van der Waals surface area contributed by atoms with E-state index < -0.39 is 73.0 Å². The van der Waals surface area contributed by atoms with Crippen molar-refractivity contribution < 1.29 is 57.7 Å². The molecule has 46 heavy (non-hydrogen) atoms. The van der Waals surface area contributed by atoms with Gasteiger partial charge >= 0.3 is 0 Å². The molecule has 2 heterocycles. The first-order chi connectivity index (χ1) is 22.0. The van der Waals surface area contributed by atoms with Crippen molar-refractivity contribution >= 4 is 23.6 Å². The molecule has 250 valence electrons. The summed E-state index contributed by atoms with van der Waals surface area (Å²) in [5.74, 6) is -1.43. The summed E-state index contributed by atoms with van der Waals surface area (Å²) in [5.41, 5.74) is 0.917. The molecule has 1 aliphatic carbocycles. The van der Waals surface area contributed by atoms with Gasteiger partial charge in [-0.15, -0.1) is 0 Å². The van der Waals surface area contributed by atoms with Gasteiger partial charge in [-0.2, -0.15) is 0 Å². The van der Waals surface area contributed by atoms with Crippen LogP contribution in [0.25, 0.3) is 6.08 Å². The minimum absolute atomic E-state index is 0.0944. The molecule has 11 nitrogen and oxygen atoms in total. The summed E-state index contributed by atoms with van der Waals surface area (Å²) in [6.07, 6.45) is -8.89. The van der Waals surface area contributed by atoms with Gasteiger partial charge in [0.2, 0.25) is 12.2 Å². The number of benzene rings is 2. The predicted molar refractivity (Wildman–Crippen MR) is 160 cm³/mol. The maximum Gasteiger partial charge on any atom is 0.247 e. The maximum atomic E-state index is 15.1. The van der Waals surface area contributed by atoms with Crippen molar-refractivity contribution in [3.05, 3.63) is 76.1 Å². The summed E-state index contributed by atoms with van der Waals surface area (Å²) < 4.78 is 57.4. The van der Waals surface area contributed by atoms with Crippen LogP contribution >= 0.6 is 11.6 Å². The molecular weight excluding hydrogens is 632 g/mol. The number of carbonyl (C=O) groups is 1. The lowest BCUT2D eigenvalue weighted by Gasteiger charge is -2.41. The van der Waals surface area contributed by atoms with Gasteiger partial charge < -0.3 is 49.4 Å². The summed E-state index contributed by atoms with van der Waals surface area (Å²) in [5, 5.41) is 44.8. The van der Waals surface area contributed by atoms with Crippen LogP contribution in [0.1, 0.15) is 25.8 Å². The van der Waals surface area contributed by atoms with Crippen molar-refractivity contribution in [2.75, 3.05) is 13.4 Å². The fraction of sp³-hybridized carbons (Fsp3) is 0.469. The molecule has 2 aromatic rings. The SMILES string of the molecule is CCC(=CCOc1ccccc1Cl)[C@H]1O[C@@H](Oc2ccc(C=C(C)C(=O)N[C@@H]3[C@H](O)[C@@H](O)[C@H]4OCO[C@H]4[C@@H]3O)cc2F)[C@@H](F)[C@@H]1O. The van der Waals surface area contributed by atoms with Crippen LogP contribution in [0.2, 0.25) is 5.02 Å². The molecule has 10 atom stereocenters. The average molecular weight is 668 g/mol. The van der Waals surface area contributed by atoms with E-state index in [1.165, 1.54) is 25.1 Å². The highest BCUT2D eigenvalue weighted by atomic mass is 35.5. The lowest BCUT2D eigenvalue weighted by Crippen LogP contribution is -2.67. The van der Waals surface area contributed by atoms with Gasteiger partial charge in [0.05, 0.1) is 11.1 Å². The van der Waals surface area contributed by atoms with Crippen molar-refractivity contribution in [1.29, 1.82) is 0 Å². The van der Waals surface area contributed by atoms with Crippen LogP contribution in [0, 0.1) is 5.82 Å². The number of ether oxygens (including phenoxy) is 5. The van der Waals surface area contributed by atoms with Gasteiger partial charge in [-0.25, -0.2) is 8.78 Å². The number of aliphatic hydroxyl groups excluding tert-OH is 4. The van der Waals surface area contributed by atoms with E-state index in [1.54, 1.807) is 30.3 Å². The lowest BCUT2D eigenvalue weighted by molar-refractivity contribution is -0.155. The number of halogens is 3. The first-order valence-electron chi connectivity index (χ1n) is 14.8. The molecule has 2 aromatic carbocycles. The van der Waals surface area contributed by atoms with E-state index in [1.807, 2.05) is 6.92 Å². The minimum atomic E-state index is -1.98. The molecule has 3 fully saturated rings. The predicted octanol–water partition coefficient (Wildman–Crippen LogP) is 2.42. The molecule has 0 spiro atoms. The normalized spacial score (nSPS) is 33.1. The number of hydrogen-bond acceptors (Lipinski definition) is 10. The second-order valence-electron chi connectivity index (χ2n) is 11.2. The van der Waals surface area contributed by atoms with E-state index in [0.717, 1.165) is 6.07 Å². The fourth-order valence-corrected chi connectivity index (χ4v) is 5.84. The molecule has 5 rings (SSSR count). The van der Waals surface area contributed by atoms with Crippen LogP contribution in [0.3, 0.4) is 0 Å². The maximum absolute atomic E-state index is 15.1. The van der Waals surface area contributed by atoms with Gasteiger partial charge in [0.25, 0.3) is 0 Å². The minimum Gasteiger partial charge on any atom is -0.488 e. The molecule has 5 N–H and O–H groups in total. The molecule has 0 radical (unpaired) electrons. The molecule has 3 aliphatic rings. The molecular formula is C32H36ClF2NO10. The molecule has 14 heteroatoms. The van der Waals surface area contributed by atoms with Crippen molar-refractivity contribution in [2.24, 2.45) is 0 Å². The van der Waals surface area contributed by atoms with Gasteiger partial charge in [0.1, 0.15) is 61.9 Å². The Labute approximate surface area is 268 Å². The number of nitrogens with one attached hydrogen (secondary N) is 1. The Kier molecular flexibility index (Phi) is 11.0. The monoisotopic (exact) mass is 667 g/mol. The van der Waals surface area contributed by atoms with Gasteiger partial charge in [-0.05, 0) is 60.9 Å². The zero-order valence-electron chi connectivity index (χ0n) is 25.0. The Bertz CT molecular complexity index is 1460. The zero-order valence-corrected chi connectivity index (χ0v) is 25.7. The molecule has 1 amide bonds. The third-order valence-corrected chi connectivity index (χ3v) is 8.53. The van der Waals surface area contributed by atoms with Crippen molar-refractivity contribution in [2.45, 2.75) is 81.5 Å². The number of rotatable bonds is 10. The van der Waals surface area contributed by atoms with Crippen molar-refractivity contribution in [3.8, 4) is 11.5 Å². The Morgan fingerprint density at radius 1 is 1.04 bits per heavy atom. The number of aliphatic hydroxyl groups is 4. The number of amides is 1. The van der Waals surface area contributed by atoms with E-state index in [-0.39, 0.29) is 30.3 Å². The van der Waals surface area contributed by atoms with Crippen LogP contribution in [0.5, 0.6) is 11.5 Å². The standard InChI is InChI=1S/C32H36ClF2NO10/c1-3-17(10-11-42-20-7-5-4-6-18(20)33)28-24(37)22(35)32(46-28)45-21-9-8-16(13-19(21)34)12-15(2)31(41)36-23-25(38)27(40)30-29(26(23)39)43-14-44-30/h4-10,12-13,22-30,32,37-40H,3,11,14H2,1-2H3,(H,36,41)/t22-,23+,24-,25-,26+,27+,28+,29-,30+,32+/m0/s1.